The van der Waals surface area contributed by atoms with Crippen LogP contribution in [-0.2, 0) is 6.54 Å². The van der Waals surface area contributed by atoms with E-state index in [2.05, 4.69) is 5.32 Å². The number of rotatable bonds is 5. The van der Waals surface area contributed by atoms with E-state index in [0.29, 0.717) is 0 Å². The molecule has 1 aromatic heterocycles. The molecule has 2 rings (SSSR count). The summed E-state index contributed by atoms with van der Waals surface area (Å²) in [4.78, 5) is 23.2. The first-order valence-electron chi connectivity index (χ1n) is 6.55. The summed E-state index contributed by atoms with van der Waals surface area (Å²) in [6, 6.07) is 7.61. The number of halogens is 2. The number of carbonyl (C=O) groups excluding carboxylic acids is 1. The molecular weight excluding hydrogens is 294 g/mol. The van der Waals surface area contributed by atoms with Crippen molar-refractivity contribution in [2.75, 3.05) is 6.54 Å². The Labute approximate surface area is 124 Å². The molecule has 2 aromatic rings. The summed E-state index contributed by atoms with van der Waals surface area (Å²) < 4.78 is 28.1. The maximum atomic E-state index is 13.4. The Kier molecular flexibility index (Phi) is 5.00. The van der Waals surface area contributed by atoms with E-state index in [1.807, 2.05) is 0 Å². The Morgan fingerprint density at radius 1 is 1.18 bits per heavy atom. The van der Waals surface area contributed by atoms with Gasteiger partial charge in [-0.1, -0.05) is 12.1 Å². The lowest BCUT2D eigenvalue weighted by Gasteiger charge is -2.13. The van der Waals surface area contributed by atoms with Crippen molar-refractivity contribution < 1.29 is 18.7 Å². The average molecular weight is 308 g/mol. The molecule has 0 aliphatic carbocycles. The van der Waals surface area contributed by atoms with Crippen LogP contribution in [0, 0.1) is 11.6 Å². The van der Waals surface area contributed by atoms with Crippen LogP contribution in [0.5, 0.6) is 0 Å². The lowest BCUT2D eigenvalue weighted by Crippen LogP contribution is -2.37. The van der Waals surface area contributed by atoms with Crippen LogP contribution >= 0.6 is 0 Å². The smallest absolute Gasteiger partial charge is 0.257 e. The highest BCUT2D eigenvalue weighted by Crippen LogP contribution is 2.11. The van der Waals surface area contributed by atoms with Crippen molar-refractivity contribution in [2.24, 2.45) is 0 Å². The zero-order valence-electron chi connectivity index (χ0n) is 11.5. The van der Waals surface area contributed by atoms with Crippen LogP contribution in [0.2, 0.25) is 0 Å². The van der Waals surface area contributed by atoms with Crippen molar-refractivity contribution in [3.63, 3.8) is 0 Å². The fraction of sp³-hybridized carbons (Fsp3) is 0.200. The van der Waals surface area contributed by atoms with E-state index in [9.17, 15) is 23.5 Å². The number of nitrogens with zero attached hydrogens (tertiary/aromatic N) is 1. The number of aliphatic hydroxyl groups is 1. The Morgan fingerprint density at radius 2 is 1.86 bits per heavy atom. The first kappa shape index (κ1) is 15.8. The third kappa shape index (κ3) is 3.76. The third-order valence-corrected chi connectivity index (χ3v) is 2.99. The zero-order chi connectivity index (χ0) is 16.1. The molecule has 1 amide bonds. The second-order valence-electron chi connectivity index (χ2n) is 4.65. The van der Waals surface area contributed by atoms with Gasteiger partial charge in [0.1, 0.15) is 17.2 Å². The standard InChI is InChI=1S/C15H14F2N2O3/c16-11-4-3-5-12(17)14(11)15(22)18-8-10(20)9-19-7-2-1-6-13(19)21/h1-7,10,20H,8-9H2,(H,18,22). The van der Waals surface area contributed by atoms with Crippen molar-refractivity contribution in [1.29, 1.82) is 0 Å². The number of amides is 1. The normalized spacial score (nSPS) is 12.0. The van der Waals surface area contributed by atoms with Crippen LogP contribution in [0.1, 0.15) is 10.4 Å². The molecule has 0 radical (unpaired) electrons. The van der Waals surface area contributed by atoms with Crippen LogP contribution < -0.4 is 10.9 Å². The number of pyridine rings is 1. The molecule has 0 saturated carbocycles. The van der Waals surface area contributed by atoms with Crippen LogP contribution in [0.25, 0.3) is 0 Å². The predicted molar refractivity (Wildman–Crippen MR) is 75.4 cm³/mol. The highest BCUT2D eigenvalue weighted by molar-refractivity contribution is 5.94. The van der Waals surface area contributed by atoms with Crippen molar-refractivity contribution in [2.45, 2.75) is 12.6 Å². The van der Waals surface area contributed by atoms with Crippen molar-refractivity contribution in [3.05, 3.63) is 70.1 Å². The summed E-state index contributed by atoms with van der Waals surface area (Å²) in [5.41, 5.74) is -1.00. The van der Waals surface area contributed by atoms with Gasteiger partial charge in [0.2, 0.25) is 0 Å². The van der Waals surface area contributed by atoms with Gasteiger partial charge in [-0.05, 0) is 18.2 Å². The molecule has 0 fully saturated rings. The third-order valence-electron chi connectivity index (χ3n) is 2.99. The molecule has 1 heterocycles. The lowest BCUT2D eigenvalue weighted by molar-refractivity contribution is 0.0895. The van der Waals surface area contributed by atoms with Gasteiger partial charge >= 0.3 is 0 Å². The summed E-state index contributed by atoms with van der Waals surface area (Å²) in [5, 5.41) is 12.0. The predicted octanol–water partition coefficient (Wildman–Crippen LogP) is 0.917. The number of benzene rings is 1. The Bertz CT molecular complexity index is 710. The molecule has 0 spiro atoms. The fourth-order valence-electron chi connectivity index (χ4n) is 1.92. The molecule has 1 unspecified atom stereocenters. The fourth-order valence-corrected chi connectivity index (χ4v) is 1.92. The van der Waals surface area contributed by atoms with Crippen molar-refractivity contribution in [1.82, 2.24) is 9.88 Å². The van der Waals surface area contributed by atoms with E-state index in [1.54, 1.807) is 12.1 Å². The monoisotopic (exact) mass is 308 g/mol. The molecule has 0 aliphatic rings. The molecule has 1 atom stereocenters. The van der Waals surface area contributed by atoms with E-state index < -0.39 is 29.2 Å². The van der Waals surface area contributed by atoms with Gasteiger partial charge in [0.05, 0.1) is 12.6 Å². The summed E-state index contributed by atoms with van der Waals surface area (Å²) in [6.45, 7) is -0.284. The van der Waals surface area contributed by atoms with E-state index in [1.165, 1.54) is 16.8 Å². The van der Waals surface area contributed by atoms with Gasteiger partial charge in [-0.15, -0.1) is 0 Å². The molecule has 0 bridgehead atoms. The highest BCUT2D eigenvalue weighted by Gasteiger charge is 2.17. The average Bonchev–Trinajstić information content (AvgIpc) is 2.47. The SMILES string of the molecule is O=C(NCC(O)Cn1ccccc1=O)c1c(F)cccc1F. The van der Waals surface area contributed by atoms with Crippen LogP contribution in [0.15, 0.2) is 47.4 Å². The van der Waals surface area contributed by atoms with Gasteiger partial charge in [0.15, 0.2) is 0 Å². The highest BCUT2D eigenvalue weighted by atomic mass is 19.1. The largest absolute Gasteiger partial charge is 0.389 e. The topological polar surface area (TPSA) is 71.3 Å². The number of aliphatic hydroxyl groups excluding tert-OH is 1. The van der Waals surface area contributed by atoms with Crippen LogP contribution in [0.3, 0.4) is 0 Å². The Hall–Kier alpha value is -2.54. The van der Waals surface area contributed by atoms with E-state index in [-0.39, 0.29) is 18.6 Å². The molecule has 0 saturated heterocycles. The minimum atomic E-state index is -1.07. The maximum Gasteiger partial charge on any atom is 0.257 e. The molecule has 0 aliphatic heterocycles. The quantitative estimate of drug-likeness (QED) is 0.863. The van der Waals surface area contributed by atoms with Gasteiger partial charge in [-0.25, -0.2) is 8.78 Å². The minimum Gasteiger partial charge on any atom is -0.389 e. The van der Waals surface area contributed by atoms with Crippen LogP contribution in [-0.4, -0.2) is 28.2 Å². The molecule has 2 N–H and O–H groups in total. The first-order chi connectivity index (χ1) is 10.5. The number of aromatic nitrogens is 1. The zero-order valence-corrected chi connectivity index (χ0v) is 11.5. The second-order valence-corrected chi connectivity index (χ2v) is 4.65. The molecule has 5 nitrogen and oxygen atoms in total. The number of carbonyl (C=O) groups is 1. The van der Waals surface area contributed by atoms with E-state index in [0.717, 1.165) is 18.2 Å². The molecule has 7 heteroatoms. The molecule has 1 aromatic carbocycles. The van der Waals surface area contributed by atoms with Gasteiger partial charge in [-0.2, -0.15) is 0 Å². The first-order valence-corrected chi connectivity index (χ1v) is 6.55. The van der Waals surface area contributed by atoms with Crippen molar-refractivity contribution in [3.8, 4) is 0 Å². The number of hydrogen-bond acceptors (Lipinski definition) is 3. The lowest BCUT2D eigenvalue weighted by atomic mass is 10.2. The Balaban J connectivity index is 1.97. The van der Waals surface area contributed by atoms with Gasteiger partial charge in [-0.3, -0.25) is 9.59 Å². The summed E-state index contributed by atoms with van der Waals surface area (Å²) in [5.74, 6) is -2.92. The van der Waals surface area contributed by atoms with E-state index in [4.69, 9.17) is 0 Å². The maximum absolute atomic E-state index is 13.4. The number of nitrogens with one attached hydrogen (secondary N) is 1. The number of hydrogen-bond donors (Lipinski definition) is 2. The van der Waals surface area contributed by atoms with Gasteiger partial charge in [0.25, 0.3) is 11.5 Å². The molecule has 116 valence electrons. The molecular formula is C15H14F2N2O3. The Morgan fingerprint density at radius 3 is 2.50 bits per heavy atom. The van der Waals surface area contributed by atoms with Gasteiger partial charge < -0.3 is 15.0 Å². The van der Waals surface area contributed by atoms with Crippen LogP contribution in [0.4, 0.5) is 8.78 Å². The summed E-state index contributed by atoms with van der Waals surface area (Å²) >= 11 is 0. The van der Waals surface area contributed by atoms with E-state index >= 15 is 0 Å². The van der Waals surface area contributed by atoms with Gasteiger partial charge in [0, 0.05) is 18.8 Å². The van der Waals surface area contributed by atoms with Crippen molar-refractivity contribution >= 4 is 5.91 Å². The molecule has 22 heavy (non-hydrogen) atoms. The summed E-state index contributed by atoms with van der Waals surface area (Å²) in [6.07, 6.45) is 0.420. The summed E-state index contributed by atoms with van der Waals surface area (Å²) in [7, 11) is 0. The second kappa shape index (κ2) is 6.95. The minimum absolute atomic E-state index is 0.0420.